The van der Waals surface area contributed by atoms with Gasteiger partial charge in [0.15, 0.2) is 0 Å². The second-order valence-electron chi connectivity index (χ2n) is 5.62. The lowest BCUT2D eigenvalue weighted by molar-refractivity contribution is 0.218. The number of hydrogen-bond donors (Lipinski definition) is 0. The first kappa shape index (κ1) is 20.3. The van der Waals surface area contributed by atoms with Crippen LogP contribution in [-0.4, -0.2) is 19.5 Å². The Morgan fingerprint density at radius 1 is 0.654 bits per heavy atom. The molecule has 3 rings (SSSR count). The lowest BCUT2D eigenvalue weighted by atomic mass is 9.84. The van der Waals surface area contributed by atoms with Gasteiger partial charge in [-0.2, -0.15) is 0 Å². The molecule has 0 fully saturated rings. The van der Waals surface area contributed by atoms with Crippen molar-refractivity contribution < 1.29 is 4.74 Å². The Kier molecular flexibility index (Phi) is 8.46. The molecule has 1 nitrogen and oxygen atoms in total. The van der Waals surface area contributed by atoms with Gasteiger partial charge in [-0.05, 0) is 16.7 Å². The normalized spacial score (nSPS) is 10.7. The Balaban J connectivity index is 0.00000117. The predicted octanol–water partition coefficient (Wildman–Crippen LogP) is 6.38. The molecule has 0 aromatic heterocycles. The monoisotopic (exact) mass is 364 g/mol. The van der Waals surface area contributed by atoms with Crippen molar-refractivity contribution in [1.29, 1.82) is 0 Å². The van der Waals surface area contributed by atoms with E-state index >= 15 is 0 Å². The van der Waals surface area contributed by atoms with Crippen LogP contribution in [0.4, 0.5) is 0 Å². The van der Waals surface area contributed by atoms with Crippen LogP contribution in [0.2, 0.25) is 0 Å². The topological polar surface area (TPSA) is 9.23 Å². The van der Waals surface area contributed by atoms with E-state index in [0.29, 0.717) is 0 Å². The second-order valence-corrected chi connectivity index (χ2v) is 6.93. The van der Waals surface area contributed by atoms with E-state index < -0.39 is 0 Å². The van der Waals surface area contributed by atoms with Gasteiger partial charge >= 0.3 is 0 Å². The van der Waals surface area contributed by atoms with Crippen LogP contribution >= 0.6 is 11.8 Å². The van der Waals surface area contributed by atoms with Crippen molar-refractivity contribution in [1.82, 2.24) is 0 Å². The summed E-state index contributed by atoms with van der Waals surface area (Å²) in [7, 11) is 1.76. The van der Waals surface area contributed by atoms with Crippen LogP contribution in [-0.2, 0) is 9.48 Å². The van der Waals surface area contributed by atoms with Crippen molar-refractivity contribution in [3.63, 3.8) is 0 Å². The summed E-state index contributed by atoms with van der Waals surface area (Å²) in [5.74, 6) is 0.926. The van der Waals surface area contributed by atoms with E-state index in [9.17, 15) is 0 Å². The van der Waals surface area contributed by atoms with Crippen LogP contribution in [0.3, 0.4) is 0 Å². The van der Waals surface area contributed by atoms with Gasteiger partial charge in [0.25, 0.3) is 0 Å². The molecule has 0 atom stereocenters. The molecular formula is C24H28OS. The highest BCUT2D eigenvalue weighted by Crippen LogP contribution is 2.48. The number of rotatable bonds is 7. The minimum Gasteiger partial charge on any atom is -0.384 e. The first-order valence-corrected chi connectivity index (χ1v) is 10.2. The first-order chi connectivity index (χ1) is 12.9. The Labute approximate surface area is 162 Å². The molecule has 0 unspecified atom stereocenters. The van der Waals surface area contributed by atoms with Gasteiger partial charge in [0.05, 0.1) is 11.4 Å². The minimum atomic E-state index is -0.234. The molecule has 0 heterocycles. The third kappa shape index (κ3) is 4.57. The van der Waals surface area contributed by atoms with Crippen LogP contribution in [0, 0.1) is 0 Å². The molecule has 0 radical (unpaired) electrons. The quantitative estimate of drug-likeness (QED) is 0.355. The van der Waals surface area contributed by atoms with E-state index in [-0.39, 0.29) is 4.75 Å². The molecule has 0 saturated heterocycles. The molecule has 0 spiro atoms. The number of benzene rings is 3. The lowest BCUT2D eigenvalue weighted by Crippen LogP contribution is -2.26. The summed E-state index contributed by atoms with van der Waals surface area (Å²) in [6.45, 7) is 4.74. The zero-order valence-electron chi connectivity index (χ0n) is 15.9. The smallest absolute Gasteiger partial charge is 0.0907 e. The van der Waals surface area contributed by atoms with Crippen molar-refractivity contribution in [3.8, 4) is 0 Å². The summed E-state index contributed by atoms with van der Waals surface area (Å²) in [6, 6.07) is 32.3. The van der Waals surface area contributed by atoms with Crippen LogP contribution in [0.1, 0.15) is 30.5 Å². The van der Waals surface area contributed by atoms with Crippen LogP contribution in [0.15, 0.2) is 91.0 Å². The highest BCUT2D eigenvalue weighted by molar-refractivity contribution is 8.00. The molecule has 0 aliphatic heterocycles. The largest absolute Gasteiger partial charge is 0.384 e. The van der Waals surface area contributed by atoms with Crippen LogP contribution in [0.5, 0.6) is 0 Å². The fraction of sp³-hybridized carbons (Fsp3) is 0.250. The lowest BCUT2D eigenvalue weighted by Gasteiger charge is -2.35. The molecule has 136 valence electrons. The fourth-order valence-corrected chi connectivity index (χ4v) is 4.51. The van der Waals surface area contributed by atoms with Crippen LogP contribution in [0.25, 0.3) is 0 Å². The predicted molar refractivity (Wildman–Crippen MR) is 115 cm³/mol. The second kappa shape index (κ2) is 10.8. The molecule has 2 heteroatoms. The minimum absolute atomic E-state index is 0.234. The van der Waals surface area contributed by atoms with Gasteiger partial charge in [0.2, 0.25) is 0 Å². The van der Waals surface area contributed by atoms with Crippen LogP contribution < -0.4 is 0 Å². The van der Waals surface area contributed by atoms with Crippen molar-refractivity contribution >= 4 is 11.8 Å². The Morgan fingerprint density at radius 2 is 1.00 bits per heavy atom. The summed E-state index contributed by atoms with van der Waals surface area (Å²) in [5, 5.41) is 0. The maximum absolute atomic E-state index is 5.32. The molecule has 0 aliphatic carbocycles. The highest BCUT2D eigenvalue weighted by Gasteiger charge is 2.36. The van der Waals surface area contributed by atoms with Gasteiger partial charge in [-0.3, -0.25) is 0 Å². The van der Waals surface area contributed by atoms with Gasteiger partial charge in [-0.15, -0.1) is 11.8 Å². The van der Waals surface area contributed by atoms with E-state index in [1.165, 1.54) is 16.7 Å². The molecule has 3 aromatic rings. The van der Waals surface area contributed by atoms with Crippen molar-refractivity contribution in [2.24, 2.45) is 0 Å². The fourth-order valence-electron chi connectivity index (χ4n) is 3.05. The standard InChI is InChI=1S/C22H22OS.C2H6/c1-23-17-18-24-22(19-11-5-2-6-12-19,20-13-7-3-8-14-20)21-15-9-4-10-16-21;1-2/h2-16H,17-18H2,1H3;1-2H3. The number of methoxy groups -OCH3 is 1. The van der Waals surface area contributed by atoms with E-state index in [0.717, 1.165) is 12.4 Å². The van der Waals surface area contributed by atoms with E-state index in [1.807, 2.05) is 25.6 Å². The molecule has 0 amide bonds. The molecular weight excluding hydrogens is 336 g/mol. The van der Waals surface area contributed by atoms with E-state index in [2.05, 4.69) is 91.0 Å². The maximum atomic E-state index is 5.32. The average molecular weight is 365 g/mol. The third-order valence-corrected chi connectivity index (χ3v) is 5.66. The average Bonchev–Trinajstić information content (AvgIpc) is 2.75. The van der Waals surface area contributed by atoms with E-state index in [4.69, 9.17) is 4.74 Å². The Hall–Kier alpha value is -2.03. The van der Waals surface area contributed by atoms with Gasteiger partial charge in [0, 0.05) is 12.9 Å². The van der Waals surface area contributed by atoms with Gasteiger partial charge in [-0.25, -0.2) is 0 Å². The number of thioether (sulfide) groups is 1. The summed E-state index contributed by atoms with van der Waals surface area (Å²) in [6.07, 6.45) is 0. The highest BCUT2D eigenvalue weighted by atomic mass is 32.2. The zero-order valence-corrected chi connectivity index (χ0v) is 16.7. The van der Waals surface area contributed by atoms with Crippen molar-refractivity contribution in [3.05, 3.63) is 108 Å². The molecule has 0 saturated carbocycles. The molecule has 0 bridgehead atoms. The molecule has 0 aliphatic rings. The molecule has 26 heavy (non-hydrogen) atoms. The van der Waals surface area contributed by atoms with Gasteiger partial charge in [0.1, 0.15) is 0 Å². The summed E-state index contributed by atoms with van der Waals surface area (Å²) in [4.78, 5) is 0. The maximum Gasteiger partial charge on any atom is 0.0907 e. The molecule has 3 aromatic carbocycles. The third-order valence-electron chi connectivity index (χ3n) is 4.15. The first-order valence-electron chi connectivity index (χ1n) is 9.17. The molecule has 0 N–H and O–H groups in total. The SMILES string of the molecule is CC.COCCSC(c1ccccc1)(c1ccccc1)c1ccccc1. The zero-order chi connectivity index (χ0) is 18.7. The Bertz CT molecular complexity index is 629. The van der Waals surface area contributed by atoms with Crippen molar-refractivity contribution in [2.45, 2.75) is 18.6 Å². The summed E-state index contributed by atoms with van der Waals surface area (Å²) in [5.41, 5.74) is 3.88. The number of ether oxygens (including phenoxy) is 1. The van der Waals surface area contributed by atoms with Gasteiger partial charge in [-0.1, -0.05) is 105 Å². The summed E-state index contributed by atoms with van der Waals surface area (Å²) >= 11 is 1.93. The number of hydrogen-bond acceptors (Lipinski definition) is 2. The van der Waals surface area contributed by atoms with Gasteiger partial charge < -0.3 is 4.74 Å². The summed E-state index contributed by atoms with van der Waals surface area (Å²) < 4.78 is 5.09. The Morgan fingerprint density at radius 3 is 1.31 bits per heavy atom. The van der Waals surface area contributed by atoms with E-state index in [1.54, 1.807) is 7.11 Å². The van der Waals surface area contributed by atoms with Crippen molar-refractivity contribution in [2.75, 3.05) is 19.5 Å².